The van der Waals surface area contributed by atoms with Crippen LogP contribution < -0.4 is 5.32 Å². The predicted octanol–water partition coefficient (Wildman–Crippen LogP) is 2.79. The third-order valence-electron chi connectivity index (χ3n) is 3.61. The molecule has 0 fully saturated rings. The van der Waals surface area contributed by atoms with Crippen LogP contribution in [0.3, 0.4) is 0 Å². The Morgan fingerprint density at radius 3 is 2.86 bits per heavy atom. The maximum atomic E-state index is 12.2. The zero-order valence-corrected chi connectivity index (χ0v) is 12.1. The number of nitrogens with one attached hydrogen (secondary N) is 2. The fourth-order valence-electron chi connectivity index (χ4n) is 2.32. The number of hydrogen-bond acceptors (Lipinski definition) is 2. The van der Waals surface area contributed by atoms with Crippen molar-refractivity contribution in [2.24, 2.45) is 5.92 Å². The third kappa shape index (κ3) is 4.08. The van der Waals surface area contributed by atoms with Gasteiger partial charge < -0.3 is 15.4 Å². The van der Waals surface area contributed by atoms with Crippen molar-refractivity contribution in [1.29, 1.82) is 0 Å². The fraction of sp³-hybridized carbons (Fsp3) is 0.375. The number of fused-ring (bicyclic) bond motifs is 1. The van der Waals surface area contributed by atoms with Gasteiger partial charge in [0.25, 0.3) is 5.91 Å². The average Bonchev–Trinajstić information content (AvgIpc) is 2.93. The molecule has 0 saturated heterocycles. The van der Waals surface area contributed by atoms with Crippen molar-refractivity contribution in [3.05, 3.63) is 36.0 Å². The van der Waals surface area contributed by atoms with Gasteiger partial charge in [-0.2, -0.15) is 0 Å². The van der Waals surface area contributed by atoms with Crippen LogP contribution >= 0.6 is 0 Å². The first-order valence-corrected chi connectivity index (χ1v) is 7.14. The lowest BCUT2D eigenvalue weighted by molar-refractivity contribution is -0.137. The summed E-state index contributed by atoms with van der Waals surface area (Å²) in [5.41, 5.74) is 1.48. The lowest BCUT2D eigenvalue weighted by atomic mass is 10.0. The number of rotatable bonds is 7. The number of carboxylic acid groups (broad SMARTS) is 1. The molecule has 5 heteroatoms. The third-order valence-corrected chi connectivity index (χ3v) is 3.61. The summed E-state index contributed by atoms with van der Waals surface area (Å²) in [5, 5.41) is 12.5. The number of aromatic nitrogens is 1. The van der Waals surface area contributed by atoms with Gasteiger partial charge in [0.15, 0.2) is 0 Å². The maximum Gasteiger partial charge on any atom is 0.303 e. The van der Waals surface area contributed by atoms with E-state index in [0.29, 0.717) is 18.5 Å². The molecule has 0 saturated carbocycles. The fourth-order valence-corrected chi connectivity index (χ4v) is 2.32. The van der Waals surface area contributed by atoms with E-state index >= 15 is 0 Å². The van der Waals surface area contributed by atoms with E-state index in [2.05, 4.69) is 10.3 Å². The molecule has 0 radical (unpaired) electrons. The van der Waals surface area contributed by atoms with E-state index in [9.17, 15) is 9.59 Å². The monoisotopic (exact) mass is 288 g/mol. The van der Waals surface area contributed by atoms with Gasteiger partial charge in [-0.25, -0.2) is 0 Å². The van der Waals surface area contributed by atoms with E-state index in [4.69, 9.17) is 5.11 Å². The van der Waals surface area contributed by atoms with E-state index in [1.54, 1.807) is 6.07 Å². The van der Waals surface area contributed by atoms with Crippen molar-refractivity contribution >= 4 is 22.8 Å². The maximum absolute atomic E-state index is 12.2. The molecule has 21 heavy (non-hydrogen) atoms. The second-order valence-electron chi connectivity index (χ2n) is 5.33. The molecule has 1 amide bonds. The molecule has 0 aliphatic carbocycles. The van der Waals surface area contributed by atoms with E-state index < -0.39 is 5.97 Å². The highest BCUT2D eigenvalue weighted by atomic mass is 16.4. The molecule has 112 valence electrons. The SMILES string of the molecule is CC(CCNC(=O)c1cccc2cc[nH]c12)CCC(=O)O. The van der Waals surface area contributed by atoms with Gasteiger partial charge in [0.2, 0.25) is 0 Å². The highest BCUT2D eigenvalue weighted by Gasteiger charge is 2.11. The molecule has 2 aromatic rings. The number of aromatic amines is 1. The number of amides is 1. The standard InChI is InChI=1S/C16H20N2O3/c1-11(5-6-14(19)20)7-9-18-16(21)13-4-2-3-12-8-10-17-15(12)13/h2-4,8,10-11,17H,5-7,9H2,1H3,(H,18,21)(H,19,20). The second kappa shape index (κ2) is 6.92. The zero-order chi connectivity index (χ0) is 15.2. The first kappa shape index (κ1) is 15.1. The van der Waals surface area contributed by atoms with E-state index in [1.807, 2.05) is 31.3 Å². The Morgan fingerprint density at radius 1 is 1.29 bits per heavy atom. The topological polar surface area (TPSA) is 82.2 Å². The molecule has 5 nitrogen and oxygen atoms in total. The first-order chi connectivity index (χ1) is 10.1. The molecule has 3 N–H and O–H groups in total. The number of carboxylic acids is 1. The number of aliphatic carboxylic acids is 1. The molecule has 1 aromatic heterocycles. The Balaban J connectivity index is 1.85. The molecular weight excluding hydrogens is 268 g/mol. The normalized spacial score (nSPS) is 12.2. The van der Waals surface area contributed by atoms with Gasteiger partial charge in [0.1, 0.15) is 0 Å². The zero-order valence-electron chi connectivity index (χ0n) is 12.1. The Bertz CT molecular complexity index is 633. The average molecular weight is 288 g/mol. The molecule has 0 bridgehead atoms. The Kier molecular flexibility index (Phi) is 4.98. The van der Waals surface area contributed by atoms with E-state index in [0.717, 1.165) is 17.3 Å². The minimum atomic E-state index is -0.774. The summed E-state index contributed by atoms with van der Waals surface area (Å²) in [4.78, 5) is 25.8. The van der Waals surface area contributed by atoms with Gasteiger partial charge in [0, 0.05) is 24.5 Å². The smallest absolute Gasteiger partial charge is 0.303 e. The van der Waals surface area contributed by atoms with Gasteiger partial charge in [-0.1, -0.05) is 19.1 Å². The number of benzene rings is 1. The van der Waals surface area contributed by atoms with Crippen LogP contribution in [0.4, 0.5) is 0 Å². The molecule has 0 aliphatic rings. The molecular formula is C16H20N2O3. The number of H-pyrrole nitrogens is 1. The summed E-state index contributed by atoms with van der Waals surface area (Å²) in [5.74, 6) is -0.597. The lowest BCUT2D eigenvalue weighted by Crippen LogP contribution is -2.26. The largest absolute Gasteiger partial charge is 0.481 e. The van der Waals surface area contributed by atoms with Gasteiger partial charge in [0.05, 0.1) is 11.1 Å². The Morgan fingerprint density at radius 2 is 2.10 bits per heavy atom. The van der Waals surface area contributed by atoms with Crippen LogP contribution in [0.2, 0.25) is 0 Å². The Hall–Kier alpha value is -2.30. The van der Waals surface area contributed by atoms with Crippen LogP contribution in [0.5, 0.6) is 0 Å². The first-order valence-electron chi connectivity index (χ1n) is 7.14. The second-order valence-corrected chi connectivity index (χ2v) is 5.33. The summed E-state index contributed by atoms with van der Waals surface area (Å²) < 4.78 is 0. The van der Waals surface area contributed by atoms with Crippen molar-refractivity contribution in [1.82, 2.24) is 10.3 Å². The van der Waals surface area contributed by atoms with Crippen molar-refractivity contribution < 1.29 is 14.7 Å². The quantitative estimate of drug-likeness (QED) is 0.732. The van der Waals surface area contributed by atoms with E-state index in [-0.39, 0.29) is 18.2 Å². The number of para-hydroxylation sites is 1. The summed E-state index contributed by atoms with van der Waals surface area (Å²) in [6.07, 6.45) is 3.41. The van der Waals surface area contributed by atoms with Gasteiger partial charge in [-0.15, -0.1) is 0 Å². The Labute approximate surface area is 123 Å². The highest BCUT2D eigenvalue weighted by Crippen LogP contribution is 2.17. The van der Waals surface area contributed by atoms with Crippen molar-refractivity contribution in [3.8, 4) is 0 Å². The summed E-state index contributed by atoms with van der Waals surface area (Å²) in [6, 6.07) is 7.54. The van der Waals surface area contributed by atoms with Crippen LogP contribution in [-0.2, 0) is 4.79 Å². The summed E-state index contributed by atoms with van der Waals surface area (Å²) in [7, 11) is 0. The van der Waals surface area contributed by atoms with Crippen molar-refractivity contribution in [2.45, 2.75) is 26.2 Å². The number of carbonyl (C=O) groups is 2. The molecule has 0 spiro atoms. The minimum absolute atomic E-state index is 0.103. The highest BCUT2D eigenvalue weighted by molar-refractivity contribution is 6.05. The molecule has 1 aromatic carbocycles. The summed E-state index contributed by atoms with van der Waals surface area (Å²) in [6.45, 7) is 2.55. The van der Waals surface area contributed by atoms with Gasteiger partial charge in [-0.3, -0.25) is 9.59 Å². The van der Waals surface area contributed by atoms with Crippen LogP contribution in [0.25, 0.3) is 10.9 Å². The van der Waals surface area contributed by atoms with Crippen LogP contribution in [-0.4, -0.2) is 28.5 Å². The van der Waals surface area contributed by atoms with Crippen molar-refractivity contribution in [2.75, 3.05) is 6.54 Å². The number of hydrogen-bond donors (Lipinski definition) is 3. The minimum Gasteiger partial charge on any atom is -0.481 e. The van der Waals surface area contributed by atoms with Crippen LogP contribution in [0.15, 0.2) is 30.5 Å². The van der Waals surface area contributed by atoms with Crippen LogP contribution in [0, 0.1) is 5.92 Å². The summed E-state index contributed by atoms with van der Waals surface area (Å²) >= 11 is 0. The molecule has 1 atom stereocenters. The molecule has 0 aliphatic heterocycles. The molecule has 2 rings (SSSR count). The molecule has 1 unspecified atom stereocenters. The van der Waals surface area contributed by atoms with Crippen molar-refractivity contribution in [3.63, 3.8) is 0 Å². The molecule has 1 heterocycles. The number of carbonyl (C=O) groups excluding carboxylic acids is 1. The van der Waals surface area contributed by atoms with E-state index in [1.165, 1.54) is 0 Å². The lowest BCUT2D eigenvalue weighted by Gasteiger charge is -2.11. The predicted molar refractivity (Wildman–Crippen MR) is 81.3 cm³/mol. The van der Waals surface area contributed by atoms with Crippen LogP contribution in [0.1, 0.15) is 36.5 Å². The van der Waals surface area contributed by atoms with Gasteiger partial charge in [-0.05, 0) is 30.9 Å². The van der Waals surface area contributed by atoms with Gasteiger partial charge >= 0.3 is 5.97 Å².